The summed E-state index contributed by atoms with van der Waals surface area (Å²) in [6, 6.07) is 8.62. The molecule has 0 aliphatic carbocycles. The molecule has 2 aromatic rings. The van der Waals surface area contributed by atoms with Gasteiger partial charge in [0.25, 0.3) is 0 Å². The maximum absolute atomic E-state index is 12.8. The highest BCUT2D eigenvalue weighted by atomic mass is 32.2. The van der Waals surface area contributed by atoms with E-state index in [1.807, 2.05) is 6.92 Å². The topological polar surface area (TPSA) is 66.4 Å². The van der Waals surface area contributed by atoms with Gasteiger partial charge in [-0.2, -0.15) is 0 Å². The summed E-state index contributed by atoms with van der Waals surface area (Å²) in [6.45, 7) is 1.79. The van der Waals surface area contributed by atoms with E-state index < -0.39 is 21.9 Å². The van der Waals surface area contributed by atoms with Crippen molar-refractivity contribution in [2.45, 2.75) is 23.7 Å². The SMILES string of the molecule is CCc1ccc(S(=O)(=O)NCC(O)c2ccc(F)cc2)s1. The van der Waals surface area contributed by atoms with Crippen LogP contribution < -0.4 is 4.72 Å². The number of aliphatic hydroxyl groups is 1. The van der Waals surface area contributed by atoms with Crippen molar-refractivity contribution in [1.29, 1.82) is 0 Å². The fourth-order valence-corrected chi connectivity index (χ4v) is 4.13. The quantitative estimate of drug-likeness (QED) is 0.855. The van der Waals surface area contributed by atoms with E-state index in [4.69, 9.17) is 0 Å². The van der Waals surface area contributed by atoms with Crippen molar-refractivity contribution in [2.24, 2.45) is 0 Å². The smallest absolute Gasteiger partial charge is 0.250 e. The highest BCUT2D eigenvalue weighted by Gasteiger charge is 2.18. The molecule has 1 atom stereocenters. The van der Waals surface area contributed by atoms with Crippen LogP contribution in [0.5, 0.6) is 0 Å². The van der Waals surface area contributed by atoms with Gasteiger partial charge in [-0.15, -0.1) is 11.3 Å². The molecule has 0 amide bonds. The number of benzene rings is 1. The second-order valence-corrected chi connectivity index (χ2v) is 7.66. The van der Waals surface area contributed by atoms with E-state index in [0.29, 0.717) is 5.56 Å². The Hall–Kier alpha value is -1.28. The number of aryl methyl sites for hydroxylation is 1. The molecule has 0 spiro atoms. The maximum Gasteiger partial charge on any atom is 0.250 e. The van der Waals surface area contributed by atoms with Gasteiger partial charge < -0.3 is 5.11 Å². The molecule has 114 valence electrons. The fraction of sp³-hybridized carbons (Fsp3) is 0.286. The van der Waals surface area contributed by atoms with Crippen LogP contribution in [-0.2, 0) is 16.4 Å². The molecule has 0 aliphatic rings. The average molecular weight is 329 g/mol. The Morgan fingerprint density at radius 2 is 1.90 bits per heavy atom. The lowest BCUT2D eigenvalue weighted by Crippen LogP contribution is -2.28. The van der Waals surface area contributed by atoms with Crippen molar-refractivity contribution in [2.75, 3.05) is 6.54 Å². The monoisotopic (exact) mass is 329 g/mol. The third kappa shape index (κ3) is 4.10. The normalized spacial score (nSPS) is 13.3. The molecule has 0 radical (unpaired) electrons. The van der Waals surface area contributed by atoms with Crippen LogP contribution in [0.2, 0.25) is 0 Å². The number of rotatable bonds is 6. The van der Waals surface area contributed by atoms with Crippen molar-refractivity contribution in [1.82, 2.24) is 4.72 Å². The van der Waals surface area contributed by atoms with Gasteiger partial charge in [0, 0.05) is 11.4 Å². The van der Waals surface area contributed by atoms with Gasteiger partial charge in [-0.25, -0.2) is 17.5 Å². The summed E-state index contributed by atoms with van der Waals surface area (Å²) >= 11 is 1.21. The van der Waals surface area contributed by atoms with E-state index in [-0.39, 0.29) is 10.8 Å². The van der Waals surface area contributed by atoms with Gasteiger partial charge in [-0.1, -0.05) is 19.1 Å². The molecule has 1 aromatic carbocycles. The van der Waals surface area contributed by atoms with Crippen LogP contribution in [0.15, 0.2) is 40.6 Å². The summed E-state index contributed by atoms with van der Waals surface area (Å²) in [5.74, 6) is -0.405. The minimum absolute atomic E-state index is 0.159. The fourth-order valence-electron chi connectivity index (χ4n) is 1.76. The number of sulfonamides is 1. The van der Waals surface area contributed by atoms with Crippen molar-refractivity contribution < 1.29 is 17.9 Å². The van der Waals surface area contributed by atoms with Gasteiger partial charge in [0.05, 0.1) is 6.10 Å². The van der Waals surface area contributed by atoms with Crippen LogP contribution in [0.3, 0.4) is 0 Å². The lowest BCUT2D eigenvalue weighted by Gasteiger charge is -2.12. The number of halogens is 1. The minimum Gasteiger partial charge on any atom is -0.387 e. The summed E-state index contributed by atoms with van der Waals surface area (Å²) < 4.78 is 39.5. The van der Waals surface area contributed by atoms with E-state index in [0.717, 1.165) is 11.3 Å². The minimum atomic E-state index is -3.63. The van der Waals surface area contributed by atoms with Crippen molar-refractivity contribution >= 4 is 21.4 Å². The van der Waals surface area contributed by atoms with Crippen LogP contribution in [0.4, 0.5) is 4.39 Å². The Bertz CT molecular complexity index is 695. The van der Waals surface area contributed by atoms with Crippen LogP contribution >= 0.6 is 11.3 Å². The molecule has 0 bridgehead atoms. The predicted molar refractivity (Wildman–Crippen MR) is 80.2 cm³/mol. The molecule has 4 nitrogen and oxygen atoms in total. The molecule has 21 heavy (non-hydrogen) atoms. The van der Waals surface area contributed by atoms with Crippen molar-refractivity contribution in [3.05, 3.63) is 52.7 Å². The second kappa shape index (κ2) is 6.65. The first-order chi connectivity index (χ1) is 9.92. The first-order valence-electron chi connectivity index (χ1n) is 6.44. The average Bonchev–Trinajstić information content (AvgIpc) is 2.95. The van der Waals surface area contributed by atoms with Crippen LogP contribution in [0.25, 0.3) is 0 Å². The third-order valence-corrected chi connectivity index (χ3v) is 6.12. The van der Waals surface area contributed by atoms with Crippen LogP contribution in [0.1, 0.15) is 23.5 Å². The maximum atomic E-state index is 12.8. The molecule has 0 saturated carbocycles. The summed E-state index contributed by atoms with van der Waals surface area (Å²) in [7, 11) is -3.63. The molecule has 2 rings (SSSR count). The number of hydrogen-bond acceptors (Lipinski definition) is 4. The Morgan fingerprint density at radius 1 is 1.24 bits per heavy atom. The van der Waals surface area contributed by atoms with E-state index in [2.05, 4.69) is 4.72 Å². The Balaban J connectivity index is 2.02. The van der Waals surface area contributed by atoms with Gasteiger partial charge in [0.2, 0.25) is 10.0 Å². The molecule has 7 heteroatoms. The molecular formula is C14H16FNO3S2. The molecular weight excluding hydrogens is 313 g/mol. The summed E-state index contributed by atoms with van der Waals surface area (Å²) in [5, 5.41) is 9.93. The number of thiophene rings is 1. The summed E-state index contributed by atoms with van der Waals surface area (Å²) in [5.41, 5.74) is 0.458. The van der Waals surface area contributed by atoms with Crippen LogP contribution in [-0.4, -0.2) is 20.1 Å². The van der Waals surface area contributed by atoms with Gasteiger partial charge in [0.15, 0.2) is 0 Å². The Labute approximate surface area is 127 Å². The largest absolute Gasteiger partial charge is 0.387 e. The number of nitrogens with one attached hydrogen (secondary N) is 1. The predicted octanol–water partition coefficient (Wildman–Crippen LogP) is 2.46. The molecule has 2 N–H and O–H groups in total. The van der Waals surface area contributed by atoms with E-state index >= 15 is 0 Å². The van der Waals surface area contributed by atoms with Crippen LogP contribution in [0, 0.1) is 5.82 Å². The molecule has 1 heterocycles. The van der Waals surface area contributed by atoms with E-state index in [1.54, 1.807) is 12.1 Å². The summed E-state index contributed by atoms with van der Waals surface area (Å²) in [4.78, 5) is 0.981. The first kappa shape index (κ1) is 16.1. The summed E-state index contributed by atoms with van der Waals surface area (Å²) in [6.07, 6.45) is -0.246. The van der Waals surface area contributed by atoms with E-state index in [9.17, 15) is 17.9 Å². The third-order valence-electron chi connectivity index (χ3n) is 2.97. The molecule has 0 saturated heterocycles. The van der Waals surface area contributed by atoms with Gasteiger partial charge in [-0.3, -0.25) is 0 Å². The molecule has 1 unspecified atom stereocenters. The Kier molecular flexibility index (Phi) is 5.10. The second-order valence-electron chi connectivity index (χ2n) is 4.49. The number of aliphatic hydroxyl groups excluding tert-OH is 1. The lowest BCUT2D eigenvalue weighted by atomic mass is 10.1. The zero-order valence-electron chi connectivity index (χ0n) is 11.4. The van der Waals surface area contributed by atoms with Crippen molar-refractivity contribution in [3.8, 4) is 0 Å². The lowest BCUT2D eigenvalue weighted by molar-refractivity contribution is 0.182. The standard InChI is InChI=1S/C14H16FNO3S2/c1-2-12-7-8-14(20-12)21(18,19)16-9-13(17)10-3-5-11(15)6-4-10/h3-8,13,16-17H,2,9H2,1H3. The van der Waals surface area contributed by atoms with Gasteiger partial charge in [-0.05, 0) is 36.2 Å². The Morgan fingerprint density at radius 3 is 2.48 bits per heavy atom. The zero-order chi connectivity index (χ0) is 15.5. The first-order valence-corrected chi connectivity index (χ1v) is 8.74. The van der Waals surface area contributed by atoms with Crippen molar-refractivity contribution in [3.63, 3.8) is 0 Å². The highest BCUT2D eigenvalue weighted by molar-refractivity contribution is 7.91. The molecule has 0 aliphatic heterocycles. The molecule has 0 fully saturated rings. The van der Waals surface area contributed by atoms with Gasteiger partial charge >= 0.3 is 0 Å². The highest BCUT2D eigenvalue weighted by Crippen LogP contribution is 2.22. The van der Waals surface area contributed by atoms with Gasteiger partial charge in [0.1, 0.15) is 10.0 Å². The zero-order valence-corrected chi connectivity index (χ0v) is 13.0. The van der Waals surface area contributed by atoms with E-state index in [1.165, 1.54) is 35.6 Å². The molecule has 1 aromatic heterocycles. The number of hydrogen-bond donors (Lipinski definition) is 2.